The van der Waals surface area contributed by atoms with Crippen LogP contribution in [0.3, 0.4) is 0 Å². The summed E-state index contributed by atoms with van der Waals surface area (Å²) >= 11 is 0. The van der Waals surface area contributed by atoms with Gasteiger partial charge in [-0.2, -0.15) is 0 Å². The summed E-state index contributed by atoms with van der Waals surface area (Å²) in [5.41, 5.74) is 3.31. The average molecular weight is 465 g/mol. The molecule has 6 heteroatoms. The standard InChI is InChI=1S/C20H27N5.HI/c1-3-21-20(22-14-17-9-7-8-16(2)23-17)24-18-12-13-25(15-18)19-10-5-4-6-11-19;/h4-11,18H,3,12-15H2,1-2H3,(H2,21,22,24);1H. The number of hydrogen-bond acceptors (Lipinski definition) is 3. The molecule has 1 fully saturated rings. The first kappa shape index (κ1) is 20.5. The van der Waals surface area contributed by atoms with Crippen LogP contribution in [0, 0.1) is 6.92 Å². The summed E-state index contributed by atoms with van der Waals surface area (Å²) in [6, 6.07) is 17.1. The van der Waals surface area contributed by atoms with Crippen LogP contribution < -0.4 is 15.5 Å². The first-order valence-corrected chi connectivity index (χ1v) is 9.02. The van der Waals surface area contributed by atoms with Gasteiger partial charge >= 0.3 is 0 Å². The van der Waals surface area contributed by atoms with Gasteiger partial charge in [0.1, 0.15) is 0 Å². The number of benzene rings is 1. The van der Waals surface area contributed by atoms with E-state index in [0.29, 0.717) is 12.6 Å². The van der Waals surface area contributed by atoms with Gasteiger partial charge in [0, 0.05) is 37.1 Å². The minimum Gasteiger partial charge on any atom is -0.369 e. The summed E-state index contributed by atoms with van der Waals surface area (Å²) in [4.78, 5) is 11.6. The number of nitrogens with zero attached hydrogens (tertiary/aromatic N) is 3. The molecule has 5 nitrogen and oxygen atoms in total. The molecule has 1 saturated heterocycles. The molecule has 1 unspecified atom stereocenters. The lowest BCUT2D eigenvalue weighted by Gasteiger charge is -2.20. The Balaban J connectivity index is 0.00000243. The molecule has 0 spiro atoms. The molecule has 2 heterocycles. The van der Waals surface area contributed by atoms with Gasteiger partial charge in [0.2, 0.25) is 0 Å². The Kier molecular flexibility index (Phi) is 8.15. The highest BCUT2D eigenvalue weighted by molar-refractivity contribution is 14.0. The van der Waals surface area contributed by atoms with Gasteiger partial charge < -0.3 is 15.5 Å². The highest BCUT2D eigenvalue weighted by Gasteiger charge is 2.23. The minimum absolute atomic E-state index is 0. The number of rotatable bonds is 5. The van der Waals surface area contributed by atoms with E-state index >= 15 is 0 Å². The monoisotopic (exact) mass is 465 g/mol. The number of para-hydroxylation sites is 1. The van der Waals surface area contributed by atoms with Crippen LogP contribution in [0.15, 0.2) is 53.5 Å². The maximum Gasteiger partial charge on any atom is 0.191 e. The Hall–Kier alpha value is -1.83. The molecular weight excluding hydrogens is 437 g/mol. The molecule has 1 atom stereocenters. The summed E-state index contributed by atoms with van der Waals surface area (Å²) in [6.45, 7) is 7.60. The number of pyridine rings is 1. The topological polar surface area (TPSA) is 52.6 Å². The molecule has 2 N–H and O–H groups in total. The molecule has 1 aliphatic heterocycles. The fraction of sp³-hybridized carbons (Fsp3) is 0.400. The summed E-state index contributed by atoms with van der Waals surface area (Å²) in [5, 5.41) is 6.91. The van der Waals surface area contributed by atoms with E-state index in [9.17, 15) is 0 Å². The van der Waals surface area contributed by atoms with Crippen molar-refractivity contribution in [2.24, 2.45) is 4.99 Å². The van der Waals surface area contributed by atoms with Crippen molar-refractivity contribution in [3.63, 3.8) is 0 Å². The zero-order valence-electron chi connectivity index (χ0n) is 15.5. The summed E-state index contributed by atoms with van der Waals surface area (Å²) < 4.78 is 0. The number of guanidine groups is 1. The van der Waals surface area contributed by atoms with E-state index in [2.05, 4.69) is 57.8 Å². The number of hydrogen-bond donors (Lipinski definition) is 2. The third kappa shape index (κ3) is 5.86. The van der Waals surface area contributed by atoms with Crippen molar-refractivity contribution in [2.75, 3.05) is 24.5 Å². The van der Waals surface area contributed by atoms with Crippen molar-refractivity contribution in [3.8, 4) is 0 Å². The fourth-order valence-electron chi connectivity index (χ4n) is 3.11. The maximum atomic E-state index is 4.70. The van der Waals surface area contributed by atoms with E-state index in [4.69, 9.17) is 4.99 Å². The molecule has 1 aromatic heterocycles. The van der Waals surface area contributed by atoms with Gasteiger partial charge in [-0.25, -0.2) is 4.99 Å². The smallest absolute Gasteiger partial charge is 0.191 e. The van der Waals surface area contributed by atoms with Gasteiger partial charge in [-0.15, -0.1) is 24.0 Å². The molecule has 2 aromatic rings. The van der Waals surface area contributed by atoms with Crippen molar-refractivity contribution in [1.82, 2.24) is 15.6 Å². The lowest BCUT2D eigenvalue weighted by Crippen LogP contribution is -2.44. The van der Waals surface area contributed by atoms with Crippen LogP contribution in [0.5, 0.6) is 0 Å². The molecular formula is C20H28IN5. The second kappa shape index (κ2) is 10.4. The number of aryl methyl sites for hydroxylation is 1. The second-order valence-electron chi connectivity index (χ2n) is 6.38. The lowest BCUT2D eigenvalue weighted by atomic mass is 10.2. The molecule has 140 valence electrons. The average Bonchev–Trinajstić information content (AvgIpc) is 3.09. The number of anilines is 1. The summed E-state index contributed by atoms with van der Waals surface area (Å²) in [7, 11) is 0. The minimum atomic E-state index is 0. The van der Waals surface area contributed by atoms with E-state index in [1.165, 1.54) is 5.69 Å². The highest BCUT2D eigenvalue weighted by Crippen LogP contribution is 2.19. The lowest BCUT2D eigenvalue weighted by molar-refractivity contribution is 0.648. The van der Waals surface area contributed by atoms with Gasteiger partial charge in [-0.3, -0.25) is 4.98 Å². The fourth-order valence-corrected chi connectivity index (χ4v) is 3.11. The van der Waals surface area contributed by atoms with Crippen LogP contribution in [0.2, 0.25) is 0 Å². The van der Waals surface area contributed by atoms with E-state index in [0.717, 1.165) is 43.4 Å². The molecule has 0 aliphatic carbocycles. The van der Waals surface area contributed by atoms with Crippen molar-refractivity contribution in [2.45, 2.75) is 32.9 Å². The SMILES string of the molecule is CCNC(=NCc1cccc(C)n1)NC1CCN(c2ccccc2)C1.I. The highest BCUT2D eigenvalue weighted by atomic mass is 127. The Morgan fingerprint density at radius 2 is 2.00 bits per heavy atom. The molecule has 0 bridgehead atoms. The van der Waals surface area contributed by atoms with Crippen LogP contribution in [-0.2, 0) is 6.54 Å². The molecule has 1 aliphatic rings. The molecule has 1 aromatic carbocycles. The van der Waals surface area contributed by atoms with Crippen molar-refractivity contribution in [1.29, 1.82) is 0 Å². The maximum absolute atomic E-state index is 4.70. The Morgan fingerprint density at radius 3 is 2.73 bits per heavy atom. The molecule has 0 saturated carbocycles. The van der Waals surface area contributed by atoms with Crippen LogP contribution in [0.4, 0.5) is 5.69 Å². The van der Waals surface area contributed by atoms with Gasteiger partial charge in [0.25, 0.3) is 0 Å². The largest absolute Gasteiger partial charge is 0.369 e. The van der Waals surface area contributed by atoms with Gasteiger partial charge in [-0.05, 0) is 44.5 Å². The molecule has 26 heavy (non-hydrogen) atoms. The van der Waals surface area contributed by atoms with Crippen LogP contribution in [0.1, 0.15) is 24.7 Å². The molecule has 0 amide bonds. The molecule has 3 rings (SSSR count). The first-order chi connectivity index (χ1) is 12.2. The number of aliphatic imine (C=N–C) groups is 1. The third-order valence-electron chi connectivity index (χ3n) is 4.34. The Labute approximate surface area is 173 Å². The normalized spacial score (nSPS) is 16.9. The van der Waals surface area contributed by atoms with Crippen molar-refractivity contribution >= 4 is 35.6 Å². The predicted octanol–water partition coefficient (Wildman–Crippen LogP) is 3.34. The van der Waals surface area contributed by atoms with Gasteiger partial charge in [0.15, 0.2) is 5.96 Å². The second-order valence-corrected chi connectivity index (χ2v) is 6.38. The van der Waals surface area contributed by atoms with Crippen LogP contribution >= 0.6 is 24.0 Å². The third-order valence-corrected chi connectivity index (χ3v) is 4.34. The number of aromatic nitrogens is 1. The van der Waals surface area contributed by atoms with Gasteiger partial charge in [-0.1, -0.05) is 24.3 Å². The van der Waals surface area contributed by atoms with Gasteiger partial charge in [0.05, 0.1) is 12.2 Å². The number of nitrogens with one attached hydrogen (secondary N) is 2. The summed E-state index contributed by atoms with van der Waals surface area (Å²) in [5.74, 6) is 0.866. The Morgan fingerprint density at radius 1 is 1.19 bits per heavy atom. The zero-order valence-corrected chi connectivity index (χ0v) is 17.8. The van der Waals surface area contributed by atoms with Crippen molar-refractivity contribution in [3.05, 3.63) is 59.9 Å². The van der Waals surface area contributed by atoms with E-state index in [1.54, 1.807) is 0 Å². The first-order valence-electron chi connectivity index (χ1n) is 9.02. The molecule has 0 radical (unpaired) electrons. The van der Waals surface area contributed by atoms with Crippen LogP contribution in [0.25, 0.3) is 0 Å². The van der Waals surface area contributed by atoms with E-state index in [-0.39, 0.29) is 24.0 Å². The predicted molar refractivity (Wildman–Crippen MR) is 119 cm³/mol. The van der Waals surface area contributed by atoms with Crippen molar-refractivity contribution < 1.29 is 0 Å². The van der Waals surface area contributed by atoms with Crippen LogP contribution in [-0.4, -0.2) is 36.6 Å². The summed E-state index contributed by atoms with van der Waals surface area (Å²) in [6.07, 6.45) is 1.11. The quantitative estimate of drug-likeness (QED) is 0.404. The van der Waals surface area contributed by atoms with E-state index in [1.807, 2.05) is 25.1 Å². The Bertz CT molecular complexity index is 704. The zero-order chi connectivity index (χ0) is 17.5. The number of halogens is 1. The van der Waals surface area contributed by atoms with E-state index < -0.39 is 0 Å².